The Bertz CT molecular complexity index is 720. The van der Waals surface area contributed by atoms with Gasteiger partial charge in [0.1, 0.15) is 16.2 Å². The predicted molar refractivity (Wildman–Crippen MR) is 99.4 cm³/mol. The minimum atomic E-state index is 0.504. The maximum atomic E-state index is 5.03. The molecule has 5 heteroatoms. The van der Waals surface area contributed by atoms with E-state index < -0.39 is 0 Å². The van der Waals surface area contributed by atoms with Crippen LogP contribution in [-0.4, -0.2) is 32.9 Å². The fourth-order valence-electron chi connectivity index (χ4n) is 4.10. The van der Waals surface area contributed by atoms with Gasteiger partial charge in [-0.1, -0.05) is 25.2 Å². The summed E-state index contributed by atoms with van der Waals surface area (Å²) in [6.45, 7) is 10.1. The monoisotopic (exact) mass is 344 g/mol. The number of nitrogens with zero attached hydrogens (tertiary/aromatic N) is 4. The van der Waals surface area contributed by atoms with E-state index in [2.05, 4.69) is 23.7 Å². The van der Waals surface area contributed by atoms with Gasteiger partial charge in [-0.15, -0.1) is 0 Å². The van der Waals surface area contributed by atoms with Crippen LogP contribution in [0.1, 0.15) is 74.8 Å². The molecule has 0 bridgehead atoms. The van der Waals surface area contributed by atoms with E-state index in [0.717, 1.165) is 28.4 Å². The second-order valence-corrected chi connectivity index (χ2v) is 9.35. The zero-order valence-electron chi connectivity index (χ0n) is 15.1. The lowest BCUT2D eigenvalue weighted by Crippen LogP contribution is -2.20. The van der Waals surface area contributed by atoms with E-state index in [4.69, 9.17) is 9.97 Å². The maximum Gasteiger partial charge on any atom is 0.147 e. The lowest BCUT2D eigenvalue weighted by Gasteiger charge is -2.33. The van der Waals surface area contributed by atoms with Crippen LogP contribution in [0.15, 0.2) is 0 Å². The van der Waals surface area contributed by atoms with E-state index in [9.17, 15) is 0 Å². The summed E-state index contributed by atoms with van der Waals surface area (Å²) in [6, 6.07) is 0. The van der Waals surface area contributed by atoms with Gasteiger partial charge >= 0.3 is 0 Å². The molecule has 0 atom stereocenters. The van der Waals surface area contributed by atoms with Gasteiger partial charge in [0, 0.05) is 12.5 Å². The zero-order valence-corrected chi connectivity index (χ0v) is 16.0. The van der Waals surface area contributed by atoms with Crippen molar-refractivity contribution in [2.45, 2.75) is 71.8 Å². The lowest BCUT2D eigenvalue weighted by atomic mass is 9.73. The first kappa shape index (κ1) is 16.4. The first-order valence-corrected chi connectivity index (χ1v) is 10.2. The molecule has 4 nitrogen and oxygen atoms in total. The molecular weight excluding hydrogens is 316 g/mol. The molecule has 1 saturated heterocycles. The van der Waals surface area contributed by atoms with E-state index in [-0.39, 0.29) is 0 Å². The van der Waals surface area contributed by atoms with Gasteiger partial charge in [0.15, 0.2) is 0 Å². The largest absolute Gasteiger partial charge is 0.297 e. The van der Waals surface area contributed by atoms with Crippen LogP contribution in [0.4, 0.5) is 0 Å². The average molecular weight is 345 g/mol. The van der Waals surface area contributed by atoms with Crippen molar-refractivity contribution in [2.24, 2.45) is 5.41 Å². The van der Waals surface area contributed by atoms with Crippen molar-refractivity contribution in [1.82, 2.24) is 19.9 Å². The van der Waals surface area contributed by atoms with Crippen LogP contribution in [0, 0.1) is 12.3 Å². The summed E-state index contributed by atoms with van der Waals surface area (Å²) in [5.74, 6) is 1.51. The van der Waals surface area contributed by atoms with E-state index in [1.54, 1.807) is 0 Å². The number of thiazole rings is 1. The molecule has 24 heavy (non-hydrogen) atoms. The van der Waals surface area contributed by atoms with Crippen LogP contribution in [0.25, 0.3) is 10.3 Å². The lowest BCUT2D eigenvalue weighted by molar-refractivity contribution is 0.224. The Hall–Kier alpha value is -1.07. The Morgan fingerprint density at radius 2 is 1.79 bits per heavy atom. The average Bonchev–Trinajstić information content (AvgIpc) is 3.16. The van der Waals surface area contributed by atoms with Gasteiger partial charge < -0.3 is 0 Å². The van der Waals surface area contributed by atoms with E-state index in [0.29, 0.717) is 11.3 Å². The highest BCUT2D eigenvalue weighted by Gasteiger charge is 2.30. The molecule has 0 radical (unpaired) electrons. The van der Waals surface area contributed by atoms with Crippen LogP contribution in [-0.2, 0) is 6.54 Å². The number of rotatable bonds is 3. The van der Waals surface area contributed by atoms with Crippen molar-refractivity contribution in [3.8, 4) is 0 Å². The maximum absolute atomic E-state index is 5.03. The van der Waals surface area contributed by atoms with Gasteiger partial charge in [0.25, 0.3) is 0 Å². The van der Waals surface area contributed by atoms with Crippen molar-refractivity contribution in [3.05, 3.63) is 16.5 Å². The van der Waals surface area contributed by atoms with Crippen molar-refractivity contribution >= 4 is 21.7 Å². The van der Waals surface area contributed by atoms with Gasteiger partial charge in [-0.05, 0) is 64.0 Å². The molecule has 0 N–H and O–H groups in total. The zero-order chi connectivity index (χ0) is 16.7. The molecule has 2 aromatic rings. The first-order valence-electron chi connectivity index (χ1n) is 9.36. The molecule has 2 fully saturated rings. The smallest absolute Gasteiger partial charge is 0.147 e. The highest BCUT2D eigenvalue weighted by atomic mass is 32.1. The fraction of sp³-hybridized carbons (Fsp3) is 0.737. The quantitative estimate of drug-likeness (QED) is 0.811. The fourth-order valence-corrected chi connectivity index (χ4v) is 5.27. The summed E-state index contributed by atoms with van der Waals surface area (Å²) in [4.78, 5) is 18.1. The molecule has 130 valence electrons. The third kappa shape index (κ3) is 3.33. The molecule has 0 aromatic carbocycles. The van der Waals surface area contributed by atoms with Crippen LogP contribution in [0.2, 0.25) is 0 Å². The summed E-state index contributed by atoms with van der Waals surface area (Å²) in [6.07, 6.45) is 7.76. The molecule has 0 unspecified atom stereocenters. The molecular formula is C19H28N4S. The predicted octanol–water partition coefficient (Wildman–Crippen LogP) is 4.67. The van der Waals surface area contributed by atoms with Crippen molar-refractivity contribution in [1.29, 1.82) is 0 Å². The standard InChI is InChI=1S/C19H28N4S/c1-13-20-15(12-23-10-4-5-11-23)16-18(21-13)24-17(22-16)14-6-8-19(2,3)9-7-14/h14H,4-12H2,1-3H3. The Labute approximate surface area is 148 Å². The molecule has 2 aromatic heterocycles. The number of likely N-dealkylation sites (tertiary alicyclic amines) is 1. The van der Waals surface area contributed by atoms with Crippen molar-refractivity contribution in [3.63, 3.8) is 0 Å². The highest BCUT2D eigenvalue weighted by Crippen LogP contribution is 2.44. The van der Waals surface area contributed by atoms with Gasteiger partial charge in [0.05, 0.1) is 10.7 Å². The van der Waals surface area contributed by atoms with Crippen LogP contribution < -0.4 is 0 Å². The summed E-state index contributed by atoms with van der Waals surface area (Å²) < 4.78 is 0. The highest BCUT2D eigenvalue weighted by molar-refractivity contribution is 7.18. The minimum Gasteiger partial charge on any atom is -0.297 e. The van der Waals surface area contributed by atoms with Crippen LogP contribution >= 0.6 is 11.3 Å². The molecule has 1 saturated carbocycles. The number of aromatic nitrogens is 3. The van der Waals surface area contributed by atoms with Gasteiger partial charge in [0.2, 0.25) is 0 Å². The molecule has 0 spiro atoms. The van der Waals surface area contributed by atoms with Crippen LogP contribution in [0.5, 0.6) is 0 Å². The Kier molecular flexibility index (Phi) is 4.33. The topological polar surface area (TPSA) is 41.9 Å². The molecule has 0 amide bonds. The Balaban J connectivity index is 1.62. The van der Waals surface area contributed by atoms with Crippen LogP contribution in [0.3, 0.4) is 0 Å². The summed E-state index contributed by atoms with van der Waals surface area (Å²) in [5, 5.41) is 1.29. The number of hydrogen-bond acceptors (Lipinski definition) is 5. The normalized spacial score (nSPS) is 22.5. The Morgan fingerprint density at radius 1 is 1.08 bits per heavy atom. The first-order chi connectivity index (χ1) is 11.5. The third-order valence-corrected chi connectivity index (χ3v) is 6.83. The summed E-state index contributed by atoms with van der Waals surface area (Å²) in [5.41, 5.74) is 2.71. The summed E-state index contributed by atoms with van der Waals surface area (Å²) in [7, 11) is 0. The van der Waals surface area contributed by atoms with Crippen molar-refractivity contribution < 1.29 is 0 Å². The molecule has 2 aliphatic rings. The second-order valence-electron chi connectivity index (χ2n) is 8.35. The SMILES string of the molecule is Cc1nc(CN2CCCC2)c2nc(C3CCC(C)(C)CC3)sc2n1. The van der Waals surface area contributed by atoms with Gasteiger partial charge in [-0.2, -0.15) is 0 Å². The van der Waals surface area contributed by atoms with E-state index in [1.165, 1.54) is 56.6 Å². The minimum absolute atomic E-state index is 0.504. The summed E-state index contributed by atoms with van der Waals surface area (Å²) >= 11 is 1.81. The molecule has 1 aliphatic carbocycles. The second kappa shape index (κ2) is 6.34. The molecule has 3 heterocycles. The number of fused-ring (bicyclic) bond motifs is 1. The molecule has 4 rings (SSSR count). The third-order valence-electron chi connectivity index (χ3n) is 5.72. The van der Waals surface area contributed by atoms with Gasteiger partial charge in [-0.25, -0.2) is 15.0 Å². The number of aryl methyl sites for hydroxylation is 1. The molecule has 1 aliphatic heterocycles. The van der Waals surface area contributed by atoms with Gasteiger partial charge in [-0.3, -0.25) is 4.90 Å². The van der Waals surface area contributed by atoms with Crippen molar-refractivity contribution in [2.75, 3.05) is 13.1 Å². The number of hydrogen-bond donors (Lipinski definition) is 0. The Morgan fingerprint density at radius 3 is 2.50 bits per heavy atom. The van der Waals surface area contributed by atoms with E-state index in [1.807, 2.05) is 18.3 Å². The van der Waals surface area contributed by atoms with E-state index >= 15 is 0 Å².